The van der Waals surface area contributed by atoms with E-state index in [2.05, 4.69) is 57.2 Å². The number of rotatable bonds is 7. The average molecular weight is 254 g/mol. The van der Waals surface area contributed by atoms with Crippen molar-refractivity contribution >= 4 is 11.3 Å². The first-order chi connectivity index (χ1) is 8.04. The Kier molecular flexibility index (Phi) is 6.17. The summed E-state index contributed by atoms with van der Waals surface area (Å²) in [6.07, 6.45) is 1.15. The molecule has 0 fully saturated rings. The molecular formula is C14H26N2S. The van der Waals surface area contributed by atoms with Gasteiger partial charge in [-0.1, -0.05) is 20.8 Å². The molecule has 1 unspecified atom stereocenters. The van der Waals surface area contributed by atoms with E-state index >= 15 is 0 Å². The van der Waals surface area contributed by atoms with E-state index in [1.54, 1.807) is 0 Å². The molecule has 1 aromatic heterocycles. The van der Waals surface area contributed by atoms with Gasteiger partial charge in [-0.15, -0.1) is 11.3 Å². The third-order valence-electron chi connectivity index (χ3n) is 3.15. The molecule has 0 radical (unpaired) electrons. The molecule has 1 atom stereocenters. The van der Waals surface area contributed by atoms with E-state index in [0.717, 1.165) is 19.5 Å². The molecule has 1 heterocycles. The summed E-state index contributed by atoms with van der Waals surface area (Å²) in [5.74, 6) is 0.687. The number of likely N-dealkylation sites (N-methyl/N-ethyl adjacent to an activating group) is 1. The van der Waals surface area contributed by atoms with Crippen molar-refractivity contribution in [2.45, 2.75) is 39.8 Å². The van der Waals surface area contributed by atoms with Gasteiger partial charge in [0, 0.05) is 28.9 Å². The maximum absolute atomic E-state index is 3.57. The van der Waals surface area contributed by atoms with Gasteiger partial charge in [-0.25, -0.2) is 0 Å². The van der Waals surface area contributed by atoms with Crippen LogP contribution in [0.15, 0.2) is 12.1 Å². The lowest BCUT2D eigenvalue weighted by Crippen LogP contribution is -2.41. The van der Waals surface area contributed by atoms with Gasteiger partial charge in [0.1, 0.15) is 0 Å². The van der Waals surface area contributed by atoms with Crippen molar-refractivity contribution < 1.29 is 0 Å². The summed E-state index contributed by atoms with van der Waals surface area (Å²) in [4.78, 5) is 5.24. The highest BCUT2D eigenvalue weighted by Gasteiger charge is 2.14. The maximum atomic E-state index is 3.57. The Hall–Kier alpha value is -0.380. The number of thiophene rings is 1. The highest BCUT2D eigenvalue weighted by atomic mass is 32.1. The van der Waals surface area contributed by atoms with E-state index < -0.39 is 0 Å². The molecule has 0 saturated carbocycles. The smallest absolute Gasteiger partial charge is 0.0300 e. The molecule has 0 saturated heterocycles. The first-order valence-electron chi connectivity index (χ1n) is 6.49. The van der Waals surface area contributed by atoms with Gasteiger partial charge in [0.15, 0.2) is 0 Å². The minimum Gasteiger partial charge on any atom is -0.310 e. The van der Waals surface area contributed by atoms with Crippen molar-refractivity contribution in [3.8, 4) is 0 Å². The lowest BCUT2D eigenvalue weighted by molar-refractivity contribution is 0.224. The van der Waals surface area contributed by atoms with Crippen LogP contribution in [0, 0.1) is 5.92 Å². The zero-order valence-corrected chi connectivity index (χ0v) is 12.6. The van der Waals surface area contributed by atoms with Crippen LogP contribution in [0.1, 0.15) is 30.5 Å². The summed E-state index contributed by atoms with van der Waals surface area (Å²) in [5.41, 5.74) is 0. The Bertz CT molecular complexity index is 310. The van der Waals surface area contributed by atoms with Crippen LogP contribution in [0.4, 0.5) is 0 Å². The van der Waals surface area contributed by atoms with Gasteiger partial charge < -0.3 is 10.2 Å². The molecule has 98 valence electrons. The highest BCUT2D eigenvalue weighted by molar-refractivity contribution is 7.11. The molecule has 0 aliphatic rings. The van der Waals surface area contributed by atoms with Gasteiger partial charge in [-0.3, -0.25) is 0 Å². The number of aryl methyl sites for hydroxylation is 1. The standard InChI is InChI=1S/C14H26N2S/c1-6-12-7-8-13(17-12)9-15-10-14(11(2)3)16(4)5/h7-8,11,14-15H,6,9-10H2,1-5H3. The molecule has 1 rings (SSSR count). The molecule has 0 aromatic carbocycles. The second kappa shape index (κ2) is 7.14. The van der Waals surface area contributed by atoms with Crippen LogP contribution < -0.4 is 5.32 Å². The van der Waals surface area contributed by atoms with Crippen LogP contribution >= 0.6 is 11.3 Å². The predicted molar refractivity (Wildman–Crippen MR) is 77.7 cm³/mol. The number of hydrogen-bond donors (Lipinski definition) is 1. The lowest BCUT2D eigenvalue weighted by atomic mass is 10.0. The molecule has 2 nitrogen and oxygen atoms in total. The molecule has 0 amide bonds. The third kappa shape index (κ3) is 4.78. The van der Waals surface area contributed by atoms with Crippen molar-refractivity contribution in [2.24, 2.45) is 5.92 Å². The molecule has 0 bridgehead atoms. The second-order valence-electron chi connectivity index (χ2n) is 5.13. The van der Waals surface area contributed by atoms with Gasteiger partial charge in [0.05, 0.1) is 0 Å². The quantitative estimate of drug-likeness (QED) is 0.805. The summed E-state index contributed by atoms with van der Waals surface area (Å²) in [6, 6.07) is 5.10. The highest BCUT2D eigenvalue weighted by Crippen LogP contribution is 2.16. The Morgan fingerprint density at radius 1 is 1.24 bits per heavy atom. The van der Waals surface area contributed by atoms with Gasteiger partial charge in [-0.05, 0) is 38.6 Å². The van der Waals surface area contributed by atoms with Gasteiger partial charge in [0.2, 0.25) is 0 Å². The van der Waals surface area contributed by atoms with Gasteiger partial charge in [0.25, 0.3) is 0 Å². The monoisotopic (exact) mass is 254 g/mol. The average Bonchev–Trinajstić information content (AvgIpc) is 2.71. The largest absolute Gasteiger partial charge is 0.310 e. The Morgan fingerprint density at radius 2 is 1.88 bits per heavy atom. The molecule has 17 heavy (non-hydrogen) atoms. The van der Waals surface area contributed by atoms with E-state index in [4.69, 9.17) is 0 Å². The van der Waals surface area contributed by atoms with E-state index in [1.807, 2.05) is 11.3 Å². The van der Waals surface area contributed by atoms with Crippen molar-refractivity contribution in [1.29, 1.82) is 0 Å². The van der Waals surface area contributed by atoms with Gasteiger partial charge in [-0.2, -0.15) is 0 Å². The zero-order chi connectivity index (χ0) is 12.8. The fraction of sp³-hybridized carbons (Fsp3) is 0.714. The van der Waals surface area contributed by atoms with Crippen molar-refractivity contribution in [3.05, 3.63) is 21.9 Å². The topological polar surface area (TPSA) is 15.3 Å². The van der Waals surface area contributed by atoms with Crippen LogP contribution in [0.5, 0.6) is 0 Å². The SMILES string of the molecule is CCc1ccc(CNCC(C(C)C)N(C)C)s1. The summed E-state index contributed by atoms with van der Waals surface area (Å²) in [6.45, 7) is 8.84. The second-order valence-corrected chi connectivity index (χ2v) is 6.38. The molecule has 0 spiro atoms. The number of nitrogens with one attached hydrogen (secondary N) is 1. The summed E-state index contributed by atoms with van der Waals surface area (Å²) in [5, 5.41) is 3.57. The Balaban J connectivity index is 2.35. The third-order valence-corrected chi connectivity index (χ3v) is 4.38. The predicted octanol–water partition coefficient (Wildman–Crippen LogP) is 2.99. The van der Waals surface area contributed by atoms with Crippen LogP contribution in [0.2, 0.25) is 0 Å². The minimum absolute atomic E-state index is 0.612. The first-order valence-corrected chi connectivity index (χ1v) is 7.31. The van der Waals surface area contributed by atoms with E-state index in [9.17, 15) is 0 Å². The fourth-order valence-corrected chi connectivity index (χ4v) is 2.99. The maximum Gasteiger partial charge on any atom is 0.0300 e. The lowest BCUT2D eigenvalue weighted by Gasteiger charge is -2.28. The number of nitrogens with zero attached hydrogens (tertiary/aromatic N) is 1. The zero-order valence-electron chi connectivity index (χ0n) is 11.8. The molecule has 1 N–H and O–H groups in total. The fourth-order valence-electron chi connectivity index (χ4n) is 2.07. The normalized spacial score (nSPS) is 13.6. The van der Waals surface area contributed by atoms with Crippen molar-refractivity contribution in [2.75, 3.05) is 20.6 Å². The number of hydrogen-bond acceptors (Lipinski definition) is 3. The molecule has 3 heteroatoms. The van der Waals surface area contributed by atoms with Gasteiger partial charge >= 0.3 is 0 Å². The van der Waals surface area contributed by atoms with E-state index in [0.29, 0.717) is 12.0 Å². The Morgan fingerprint density at radius 3 is 2.35 bits per heavy atom. The summed E-state index contributed by atoms with van der Waals surface area (Å²) in [7, 11) is 4.32. The van der Waals surface area contributed by atoms with Crippen molar-refractivity contribution in [1.82, 2.24) is 10.2 Å². The summed E-state index contributed by atoms with van der Waals surface area (Å²) >= 11 is 1.93. The van der Waals surface area contributed by atoms with Crippen LogP contribution in [0.25, 0.3) is 0 Å². The summed E-state index contributed by atoms with van der Waals surface area (Å²) < 4.78 is 0. The van der Waals surface area contributed by atoms with Crippen LogP contribution in [-0.2, 0) is 13.0 Å². The van der Waals surface area contributed by atoms with Crippen LogP contribution in [0.3, 0.4) is 0 Å². The Labute approximate surface area is 110 Å². The molecule has 0 aliphatic heterocycles. The van der Waals surface area contributed by atoms with E-state index in [-0.39, 0.29) is 0 Å². The van der Waals surface area contributed by atoms with E-state index in [1.165, 1.54) is 9.75 Å². The molecule has 0 aliphatic carbocycles. The molecule has 1 aromatic rings. The minimum atomic E-state index is 0.612. The first kappa shape index (κ1) is 14.7. The van der Waals surface area contributed by atoms with Crippen LogP contribution in [-0.4, -0.2) is 31.6 Å². The molecular weight excluding hydrogens is 228 g/mol. The van der Waals surface area contributed by atoms with Crippen molar-refractivity contribution in [3.63, 3.8) is 0 Å².